The molecule has 1 saturated heterocycles. The number of hydrogen-bond donors (Lipinski definition) is 4. The number of piperidine rings is 1. The number of anilines is 1. The van der Waals surface area contributed by atoms with Crippen LogP contribution in [0.15, 0.2) is 12.3 Å². The lowest BCUT2D eigenvalue weighted by atomic mass is 9.97. The topological polar surface area (TPSA) is 107 Å². The van der Waals surface area contributed by atoms with E-state index in [0.717, 1.165) is 31.4 Å². The molecule has 0 radical (unpaired) electrons. The molecule has 1 amide bonds. The molecular weight excluding hydrogens is 342 g/mol. The Morgan fingerprint density at radius 3 is 2.88 bits per heavy atom. The molecule has 0 aliphatic carbocycles. The number of hydrogen-bond acceptors (Lipinski definition) is 6. The highest BCUT2D eigenvalue weighted by molar-refractivity contribution is 7.80. The summed E-state index contributed by atoms with van der Waals surface area (Å²) in [5.74, 6) is 0.823. The second kappa shape index (κ2) is 7.62. The number of aromatic nitrogens is 3. The Morgan fingerprint density at radius 2 is 2.16 bits per heavy atom. The molecule has 2 aromatic heterocycles. The normalized spacial score (nSPS) is 15.8. The Balaban J connectivity index is 1.53. The third-order valence-electron chi connectivity index (χ3n) is 4.18. The van der Waals surface area contributed by atoms with Crippen molar-refractivity contribution in [2.24, 2.45) is 5.92 Å². The second-order valence-corrected chi connectivity index (χ2v) is 6.36. The van der Waals surface area contributed by atoms with E-state index in [1.165, 1.54) is 7.11 Å². The zero-order chi connectivity index (χ0) is 17.8. The lowest BCUT2D eigenvalue weighted by Gasteiger charge is -2.28. The van der Waals surface area contributed by atoms with Gasteiger partial charge in [-0.2, -0.15) is 0 Å². The van der Waals surface area contributed by atoms with Crippen molar-refractivity contribution in [2.75, 3.05) is 32.6 Å². The highest BCUT2D eigenvalue weighted by Gasteiger charge is 2.23. The van der Waals surface area contributed by atoms with Crippen LogP contribution in [0.4, 0.5) is 5.95 Å². The molecule has 10 heteroatoms. The smallest absolute Gasteiger partial charge is 0.241 e. The molecule has 25 heavy (non-hydrogen) atoms. The molecule has 1 aliphatic heterocycles. The zero-order valence-electron chi connectivity index (χ0n) is 14.1. The van der Waals surface area contributed by atoms with E-state index in [2.05, 4.69) is 43.1 Å². The number of likely N-dealkylation sites (tertiary alicyclic amines) is 1. The van der Waals surface area contributed by atoms with Crippen molar-refractivity contribution in [2.45, 2.75) is 12.8 Å². The molecule has 0 atom stereocenters. The lowest BCUT2D eigenvalue weighted by Crippen LogP contribution is -2.48. The van der Waals surface area contributed by atoms with Gasteiger partial charge < -0.3 is 19.9 Å². The minimum Gasteiger partial charge on any atom is -0.479 e. The van der Waals surface area contributed by atoms with Gasteiger partial charge in [-0.25, -0.2) is 9.97 Å². The number of H-pyrrole nitrogens is 1. The van der Waals surface area contributed by atoms with E-state index in [4.69, 9.17) is 17.0 Å². The zero-order valence-corrected chi connectivity index (χ0v) is 14.9. The van der Waals surface area contributed by atoms with Gasteiger partial charge in [0.05, 0.1) is 12.6 Å². The van der Waals surface area contributed by atoms with Crippen LogP contribution in [-0.2, 0) is 4.79 Å². The molecule has 1 aliphatic rings. The van der Waals surface area contributed by atoms with E-state index in [-0.39, 0.29) is 16.9 Å². The van der Waals surface area contributed by atoms with Gasteiger partial charge in [0.25, 0.3) is 0 Å². The van der Waals surface area contributed by atoms with Crippen molar-refractivity contribution >= 4 is 40.2 Å². The van der Waals surface area contributed by atoms with Gasteiger partial charge >= 0.3 is 0 Å². The molecule has 3 rings (SSSR count). The van der Waals surface area contributed by atoms with Gasteiger partial charge in [-0.1, -0.05) is 0 Å². The van der Waals surface area contributed by atoms with Gasteiger partial charge in [0.2, 0.25) is 17.7 Å². The van der Waals surface area contributed by atoms with Gasteiger partial charge in [0.15, 0.2) is 10.6 Å². The van der Waals surface area contributed by atoms with Crippen LogP contribution in [0, 0.1) is 5.92 Å². The number of methoxy groups -OCH3 is 1. The van der Waals surface area contributed by atoms with Gasteiger partial charge in [-0.05, 0) is 51.3 Å². The molecule has 0 saturated carbocycles. The van der Waals surface area contributed by atoms with Crippen LogP contribution in [0.5, 0.6) is 5.88 Å². The molecule has 3 heterocycles. The summed E-state index contributed by atoms with van der Waals surface area (Å²) in [6, 6.07) is 1.79. The maximum atomic E-state index is 12.2. The quantitative estimate of drug-likeness (QED) is 0.465. The van der Waals surface area contributed by atoms with Crippen molar-refractivity contribution in [1.82, 2.24) is 30.7 Å². The standard InChI is InChI=1S/C15H21N7O2S/c1-22-7-4-9(5-8-22)12(23)20-21-15(25)19-14-17-10-3-6-16-13(24-2)11(10)18-14/h3,6,9H,4-5,7-8H2,1-2H3,(H,20,23)(H3,17,18,19,21,25). The number of ether oxygens (including phenoxy) is 1. The molecule has 4 N–H and O–H groups in total. The number of carbonyl (C=O) groups is 1. The molecule has 1 fully saturated rings. The summed E-state index contributed by atoms with van der Waals surface area (Å²) < 4.78 is 5.17. The summed E-state index contributed by atoms with van der Waals surface area (Å²) in [4.78, 5) is 25.9. The molecule has 134 valence electrons. The van der Waals surface area contributed by atoms with Crippen LogP contribution in [0.3, 0.4) is 0 Å². The fourth-order valence-electron chi connectivity index (χ4n) is 2.75. The van der Waals surface area contributed by atoms with E-state index >= 15 is 0 Å². The Hall–Kier alpha value is -2.46. The Morgan fingerprint density at radius 1 is 1.40 bits per heavy atom. The van der Waals surface area contributed by atoms with Crippen LogP contribution >= 0.6 is 12.2 Å². The Kier molecular flexibility index (Phi) is 5.29. The van der Waals surface area contributed by atoms with E-state index in [1.807, 2.05) is 0 Å². The molecule has 2 aromatic rings. The molecule has 0 unspecified atom stereocenters. The first kappa shape index (κ1) is 17.4. The number of carbonyl (C=O) groups excluding carboxylic acids is 1. The molecular formula is C15H21N7O2S. The monoisotopic (exact) mass is 363 g/mol. The summed E-state index contributed by atoms with van der Waals surface area (Å²) in [5, 5.41) is 3.14. The minimum atomic E-state index is -0.0484. The predicted octanol–water partition coefficient (Wildman–Crippen LogP) is 0.626. The Bertz CT molecular complexity index is 770. The summed E-state index contributed by atoms with van der Waals surface area (Å²) in [5.41, 5.74) is 6.74. The number of nitrogens with one attached hydrogen (secondary N) is 4. The van der Waals surface area contributed by atoms with Gasteiger partial charge in [-0.3, -0.25) is 15.6 Å². The van der Waals surface area contributed by atoms with Crippen molar-refractivity contribution in [1.29, 1.82) is 0 Å². The lowest BCUT2D eigenvalue weighted by molar-refractivity contribution is -0.126. The summed E-state index contributed by atoms with van der Waals surface area (Å²) in [6.07, 6.45) is 3.32. The van der Waals surface area contributed by atoms with Gasteiger partial charge in [0.1, 0.15) is 0 Å². The highest BCUT2D eigenvalue weighted by Crippen LogP contribution is 2.21. The maximum Gasteiger partial charge on any atom is 0.241 e. The number of rotatable bonds is 3. The summed E-state index contributed by atoms with van der Waals surface area (Å²) in [7, 11) is 3.59. The van der Waals surface area contributed by atoms with Crippen LogP contribution in [0.1, 0.15) is 12.8 Å². The third-order valence-corrected chi connectivity index (χ3v) is 4.39. The maximum absolute atomic E-state index is 12.2. The number of imidazole rings is 1. The van der Waals surface area contributed by atoms with Crippen LogP contribution in [0.2, 0.25) is 0 Å². The molecule has 9 nitrogen and oxygen atoms in total. The Labute approximate surface area is 150 Å². The largest absolute Gasteiger partial charge is 0.479 e. The van der Waals surface area contributed by atoms with Crippen LogP contribution in [-0.4, -0.2) is 58.1 Å². The van der Waals surface area contributed by atoms with Crippen molar-refractivity contribution < 1.29 is 9.53 Å². The first-order valence-corrected chi connectivity index (χ1v) is 8.41. The van der Waals surface area contributed by atoms with E-state index in [1.54, 1.807) is 12.3 Å². The molecule has 0 spiro atoms. The number of thiocarbonyl (C=S) groups is 1. The highest BCUT2D eigenvalue weighted by atomic mass is 32.1. The van der Waals surface area contributed by atoms with Crippen LogP contribution in [0.25, 0.3) is 11.0 Å². The van der Waals surface area contributed by atoms with Crippen molar-refractivity contribution in [3.63, 3.8) is 0 Å². The van der Waals surface area contributed by atoms with E-state index in [0.29, 0.717) is 17.3 Å². The van der Waals surface area contributed by atoms with Crippen LogP contribution < -0.4 is 20.9 Å². The molecule has 0 aromatic carbocycles. The third kappa shape index (κ3) is 4.15. The predicted molar refractivity (Wildman–Crippen MR) is 98.2 cm³/mol. The number of pyridine rings is 1. The second-order valence-electron chi connectivity index (χ2n) is 5.95. The van der Waals surface area contributed by atoms with Gasteiger partial charge in [0, 0.05) is 12.1 Å². The van der Waals surface area contributed by atoms with E-state index in [9.17, 15) is 4.79 Å². The van der Waals surface area contributed by atoms with E-state index < -0.39 is 0 Å². The minimum absolute atomic E-state index is 0.00744. The van der Waals surface area contributed by atoms with Crippen molar-refractivity contribution in [3.8, 4) is 5.88 Å². The number of amides is 1. The number of fused-ring (bicyclic) bond motifs is 1. The summed E-state index contributed by atoms with van der Waals surface area (Å²) in [6.45, 7) is 1.85. The fraction of sp³-hybridized carbons (Fsp3) is 0.467. The summed E-state index contributed by atoms with van der Waals surface area (Å²) >= 11 is 5.19. The average Bonchev–Trinajstić information content (AvgIpc) is 3.02. The first-order valence-electron chi connectivity index (χ1n) is 8.01. The van der Waals surface area contributed by atoms with Gasteiger partial charge in [-0.15, -0.1) is 0 Å². The number of hydrazine groups is 1. The molecule has 0 bridgehead atoms. The first-order chi connectivity index (χ1) is 12.1. The SMILES string of the molecule is COc1nccc2[nH]c(NC(=S)NNC(=O)C3CCN(C)CC3)nc12. The average molecular weight is 363 g/mol. The number of aromatic amines is 1. The van der Waals surface area contributed by atoms with Crippen molar-refractivity contribution in [3.05, 3.63) is 12.3 Å². The number of nitrogens with zero attached hydrogens (tertiary/aromatic N) is 3. The fourth-order valence-corrected chi connectivity index (χ4v) is 2.90.